The third-order valence-corrected chi connectivity index (χ3v) is 19.9. The van der Waals surface area contributed by atoms with E-state index in [1.165, 1.54) is 61.7 Å². The van der Waals surface area contributed by atoms with Crippen molar-refractivity contribution in [1.82, 2.24) is 0 Å². The van der Waals surface area contributed by atoms with Crippen LogP contribution < -0.4 is 3.78 Å². The first-order valence-corrected chi connectivity index (χ1v) is 16.8. The van der Waals surface area contributed by atoms with Crippen molar-refractivity contribution in [1.29, 1.82) is 0 Å². The Kier molecular flexibility index (Phi) is 7.45. The van der Waals surface area contributed by atoms with Crippen LogP contribution in [0.4, 0.5) is 4.39 Å². The van der Waals surface area contributed by atoms with Crippen LogP contribution in [0.15, 0.2) is 28.7 Å². The van der Waals surface area contributed by atoms with E-state index in [1.807, 2.05) is 0 Å². The summed E-state index contributed by atoms with van der Waals surface area (Å²) in [5, 5.41) is 0.950. The predicted molar refractivity (Wildman–Crippen MR) is 101 cm³/mol. The van der Waals surface area contributed by atoms with Gasteiger partial charge < -0.3 is 0 Å². The van der Waals surface area contributed by atoms with Crippen molar-refractivity contribution < 1.29 is 8.81 Å². The summed E-state index contributed by atoms with van der Waals surface area (Å²) in [7, 11) is 0. The van der Waals surface area contributed by atoms with Gasteiger partial charge in [0.05, 0.1) is 0 Å². The molecule has 0 radical (unpaired) electrons. The van der Waals surface area contributed by atoms with Crippen molar-refractivity contribution in [3.05, 3.63) is 30.1 Å². The van der Waals surface area contributed by atoms with Crippen LogP contribution in [0.3, 0.4) is 0 Å². The molecule has 23 heavy (non-hydrogen) atoms. The number of rotatable bonds is 10. The fraction of sp³-hybridized carbons (Fsp3) is 0.600. The molecular formula is C20H31FOSn. The number of halogens is 1. The first-order chi connectivity index (χ1) is 11.1. The van der Waals surface area contributed by atoms with Crippen molar-refractivity contribution in [2.45, 2.75) is 72.6 Å². The Morgan fingerprint density at radius 3 is 1.96 bits per heavy atom. The molecule has 0 amide bonds. The van der Waals surface area contributed by atoms with E-state index >= 15 is 0 Å². The summed E-state index contributed by atoms with van der Waals surface area (Å²) >= 11 is -2.52. The van der Waals surface area contributed by atoms with Gasteiger partial charge in [-0.2, -0.15) is 0 Å². The van der Waals surface area contributed by atoms with E-state index in [0.29, 0.717) is 0 Å². The van der Waals surface area contributed by atoms with Gasteiger partial charge in [0.15, 0.2) is 0 Å². The molecule has 0 aliphatic heterocycles. The van der Waals surface area contributed by atoms with Gasteiger partial charge in [0, 0.05) is 0 Å². The Balaban J connectivity index is 2.41. The quantitative estimate of drug-likeness (QED) is 0.390. The van der Waals surface area contributed by atoms with E-state index in [0.717, 1.165) is 11.0 Å². The number of furan rings is 1. The summed E-state index contributed by atoms with van der Waals surface area (Å²) in [5.41, 5.74) is 0.868. The Hall–Kier alpha value is -0.511. The third kappa shape index (κ3) is 4.74. The van der Waals surface area contributed by atoms with Crippen LogP contribution >= 0.6 is 0 Å². The van der Waals surface area contributed by atoms with Crippen LogP contribution in [-0.2, 0) is 0 Å². The topological polar surface area (TPSA) is 13.1 Å². The summed E-state index contributed by atoms with van der Waals surface area (Å²) in [6.07, 6.45) is 7.71. The van der Waals surface area contributed by atoms with Gasteiger partial charge in [-0.15, -0.1) is 0 Å². The van der Waals surface area contributed by atoms with Gasteiger partial charge in [0.1, 0.15) is 0 Å². The maximum absolute atomic E-state index is 13.5. The second kappa shape index (κ2) is 9.10. The molecule has 1 aromatic heterocycles. The van der Waals surface area contributed by atoms with Gasteiger partial charge in [-0.3, -0.25) is 0 Å². The molecule has 1 nitrogen and oxygen atoms in total. The molecule has 0 N–H and O–H groups in total. The molecule has 2 aromatic rings. The second-order valence-corrected chi connectivity index (χ2v) is 19.9. The second-order valence-electron chi connectivity index (χ2n) is 6.88. The maximum atomic E-state index is 13.5. The van der Waals surface area contributed by atoms with Gasteiger partial charge in [-0.05, 0) is 0 Å². The molecule has 2 rings (SSSR count). The van der Waals surface area contributed by atoms with Crippen LogP contribution in [-0.4, -0.2) is 18.4 Å². The molecule has 1 heterocycles. The van der Waals surface area contributed by atoms with Crippen molar-refractivity contribution in [2.75, 3.05) is 0 Å². The summed E-state index contributed by atoms with van der Waals surface area (Å²) in [5.74, 6) is -0.165. The zero-order valence-electron chi connectivity index (χ0n) is 15.0. The van der Waals surface area contributed by atoms with Crippen molar-refractivity contribution >= 4 is 33.1 Å². The molecule has 3 heteroatoms. The Morgan fingerprint density at radius 2 is 1.43 bits per heavy atom. The molecule has 0 atom stereocenters. The van der Waals surface area contributed by atoms with Gasteiger partial charge in [0.2, 0.25) is 0 Å². The van der Waals surface area contributed by atoms with E-state index in [1.54, 1.807) is 12.1 Å². The number of unbranched alkanes of at least 4 members (excludes halogenated alkanes) is 3. The van der Waals surface area contributed by atoms with Crippen LogP contribution in [0, 0.1) is 5.82 Å². The molecule has 0 bridgehead atoms. The van der Waals surface area contributed by atoms with Gasteiger partial charge >= 0.3 is 145 Å². The van der Waals surface area contributed by atoms with Crippen LogP contribution in [0.1, 0.15) is 59.3 Å². The molecule has 0 unspecified atom stereocenters. The van der Waals surface area contributed by atoms with E-state index in [2.05, 4.69) is 26.8 Å². The number of fused-ring (bicyclic) bond motifs is 1. The fourth-order valence-corrected chi connectivity index (χ4v) is 18.9. The molecule has 128 valence electrons. The first-order valence-electron chi connectivity index (χ1n) is 9.34. The number of hydrogen-bond acceptors (Lipinski definition) is 1. The van der Waals surface area contributed by atoms with Crippen LogP contribution in [0.2, 0.25) is 13.3 Å². The van der Waals surface area contributed by atoms with Crippen molar-refractivity contribution in [3.8, 4) is 0 Å². The zero-order valence-corrected chi connectivity index (χ0v) is 17.8. The van der Waals surface area contributed by atoms with E-state index < -0.39 is 18.4 Å². The van der Waals surface area contributed by atoms with E-state index in [4.69, 9.17) is 4.42 Å². The summed E-state index contributed by atoms with van der Waals surface area (Å²) in [6.45, 7) is 6.85. The fourth-order valence-electron chi connectivity index (χ4n) is 3.57. The summed E-state index contributed by atoms with van der Waals surface area (Å²) in [4.78, 5) is 0. The number of benzene rings is 1. The standard InChI is InChI=1S/C8H4FO.3C4H9.Sn/c9-7-1-2-8-6(5-7)3-4-10-8;3*1-3-4-2;/h1-3,5H;3*1,3-4H2,2H3;. The first kappa shape index (κ1) is 18.8. The molecule has 1 aromatic carbocycles. The minimum atomic E-state index is -2.52. The summed E-state index contributed by atoms with van der Waals surface area (Å²) in [6, 6.07) is 7.12. The van der Waals surface area contributed by atoms with Crippen LogP contribution in [0.5, 0.6) is 0 Å². The van der Waals surface area contributed by atoms with Gasteiger partial charge in [0.25, 0.3) is 0 Å². The van der Waals surface area contributed by atoms with Crippen LogP contribution in [0.25, 0.3) is 11.0 Å². The Morgan fingerprint density at radius 1 is 0.870 bits per heavy atom. The third-order valence-electron chi connectivity index (χ3n) is 5.03. The molecule has 0 spiro atoms. The molecular weight excluding hydrogens is 394 g/mol. The summed E-state index contributed by atoms with van der Waals surface area (Å²) < 4.78 is 25.3. The van der Waals surface area contributed by atoms with E-state index in [-0.39, 0.29) is 5.82 Å². The van der Waals surface area contributed by atoms with Gasteiger partial charge in [-0.1, -0.05) is 0 Å². The molecule has 0 aliphatic rings. The Bertz CT molecular complexity index is 583. The zero-order chi connectivity index (χ0) is 16.7. The van der Waals surface area contributed by atoms with Crippen molar-refractivity contribution in [2.24, 2.45) is 0 Å². The minimum absolute atomic E-state index is 0.165. The molecule has 0 fully saturated rings. The van der Waals surface area contributed by atoms with E-state index in [9.17, 15) is 4.39 Å². The average Bonchev–Trinajstić information content (AvgIpc) is 2.98. The SMILES string of the molecule is CCC[CH2][Sn]([CH2]CCC)([CH2]CCC)[c]1cc2cc(F)ccc2o1. The van der Waals surface area contributed by atoms with Crippen molar-refractivity contribution in [3.63, 3.8) is 0 Å². The average molecular weight is 425 g/mol. The molecule has 0 saturated heterocycles. The predicted octanol–water partition coefficient (Wildman–Crippen LogP) is 6.63. The number of hydrogen-bond donors (Lipinski definition) is 0. The molecule has 0 aliphatic carbocycles. The monoisotopic (exact) mass is 426 g/mol. The molecule has 0 saturated carbocycles. The normalized spacial score (nSPS) is 12.2. The van der Waals surface area contributed by atoms with Gasteiger partial charge in [-0.25, -0.2) is 0 Å². The Labute approximate surface area is 144 Å².